The molecule has 1 amide bonds. The normalized spacial score (nSPS) is 17.4. The van der Waals surface area contributed by atoms with Gasteiger partial charge in [-0.25, -0.2) is 4.98 Å². The van der Waals surface area contributed by atoms with Crippen molar-refractivity contribution in [3.05, 3.63) is 46.9 Å². The third kappa shape index (κ3) is 4.28. The molecule has 0 aromatic carbocycles. The molecule has 1 aliphatic rings. The van der Waals surface area contributed by atoms with Crippen LogP contribution in [-0.2, 0) is 0 Å². The van der Waals surface area contributed by atoms with Gasteiger partial charge in [-0.1, -0.05) is 24.9 Å². The van der Waals surface area contributed by atoms with E-state index >= 15 is 0 Å². The molecule has 2 aromatic heterocycles. The van der Waals surface area contributed by atoms with Crippen LogP contribution in [0.1, 0.15) is 42.2 Å². The van der Waals surface area contributed by atoms with Crippen molar-refractivity contribution < 1.29 is 4.79 Å². The quantitative estimate of drug-likeness (QED) is 0.877. The highest BCUT2D eigenvalue weighted by atomic mass is 35.5. The van der Waals surface area contributed by atoms with Crippen molar-refractivity contribution in [1.29, 1.82) is 0 Å². The van der Waals surface area contributed by atoms with Crippen LogP contribution < -0.4 is 5.32 Å². The molecule has 3 rings (SSSR count). The van der Waals surface area contributed by atoms with Gasteiger partial charge in [0.05, 0.1) is 22.5 Å². The maximum Gasteiger partial charge on any atom is 0.257 e. The van der Waals surface area contributed by atoms with E-state index in [-0.39, 0.29) is 5.91 Å². The second kappa shape index (κ2) is 7.83. The number of carbonyl (C=O) groups excluding carboxylic acids is 1. The van der Waals surface area contributed by atoms with E-state index in [9.17, 15) is 4.79 Å². The van der Waals surface area contributed by atoms with Gasteiger partial charge in [-0.2, -0.15) is 0 Å². The van der Waals surface area contributed by atoms with Crippen molar-refractivity contribution >= 4 is 29.0 Å². The number of aromatic nitrogens is 2. The summed E-state index contributed by atoms with van der Waals surface area (Å²) in [4.78, 5) is 23.6. The number of hydrogen-bond acceptors (Lipinski definition) is 4. The van der Waals surface area contributed by atoms with Crippen LogP contribution in [0.25, 0.3) is 0 Å². The average molecular weight is 359 g/mol. The molecule has 1 saturated heterocycles. The van der Waals surface area contributed by atoms with E-state index < -0.39 is 0 Å². The summed E-state index contributed by atoms with van der Waals surface area (Å²) in [5, 5.41) is 3.65. The van der Waals surface area contributed by atoms with E-state index in [0.29, 0.717) is 22.3 Å². The largest absolute Gasteiger partial charge is 0.338 e. The number of pyridine rings is 2. The van der Waals surface area contributed by atoms with Crippen molar-refractivity contribution in [2.24, 2.45) is 5.92 Å². The topological polar surface area (TPSA) is 58.1 Å². The van der Waals surface area contributed by atoms with Gasteiger partial charge in [0.1, 0.15) is 5.82 Å². The smallest absolute Gasteiger partial charge is 0.257 e. The molecule has 1 N–H and O–H groups in total. The van der Waals surface area contributed by atoms with E-state index in [2.05, 4.69) is 22.2 Å². The Morgan fingerprint density at radius 1 is 1.36 bits per heavy atom. The molecule has 6 heteroatoms. The minimum atomic E-state index is -0.0179. The highest BCUT2D eigenvalue weighted by Crippen LogP contribution is 2.26. The molecule has 25 heavy (non-hydrogen) atoms. The van der Waals surface area contributed by atoms with Gasteiger partial charge >= 0.3 is 0 Å². The summed E-state index contributed by atoms with van der Waals surface area (Å²) in [7, 11) is 0. The Balaban J connectivity index is 1.85. The van der Waals surface area contributed by atoms with Crippen LogP contribution in [0.5, 0.6) is 0 Å². The molecule has 0 radical (unpaired) electrons. The summed E-state index contributed by atoms with van der Waals surface area (Å²) in [5.41, 5.74) is 2.23. The number of piperidine rings is 1. The molecular weight excluding hydrogens is 336 g/mol. The van der Waals surface area contributed by atoms with Crippen molar-refractivity contribution in [3.8, 4) is 0 Å². The Morgan fingerprint density at radius 2 is 2.20 bits per heavy atom. The van der Waals surface area contributed by atoms with E-state index in [1.807, 2.05) is 24.0 Å². The summed E-state index contributed by atoms with van der Waals surface area (Å²) in [5.74, 6) is 1.07. The maximum atomic E-state index is 13.1. The molecule has 132 valence electrons. The summed E-state index contributed by atoms with van der Waals surface area (Å²) in [6.45, 7) is 5.69. The first kappa shape index (κ1) is 17.7. The van der Waals surface area contributed by atoms with Crippen molar-refractivity contribution in [3.63, 3.8) is 0 Å². The van der Waals surface area contributed by atoms with Crippen molar-refractivity contribution in [2.75, 3.05) is 18.4 Å². The Morgan fingerprint density at radius 3 is 2.92 bits per heavy atom. The predicted octanol–water partition coefficient (Wildman–Crippen LogP) is 4.44. The number of aryl methyl sites for hydroxylation is 1. The Hall–Kier alpha value is -2.14. The van der Waals surface area contributed by atoms with Crippen LogP contribution in [-0.4, -0.2) is 33.9 Å². The summed E-state index contributed by atoms with van der Waals surface area (Å²) >= 11 is 6.11. The Kier molecular flexibility index (Phi) is 5.53. The average Bonchev–Trinajstić information content (AvgIpc) is 2.64. The van der Waals surface area contributed by atoms with Gasteiger partial charge in [-0.15, -0.1) is 0 Å². The van der Waals surface area contributed by atoms with Crippen molar-refractivity contribution in [2.45, 2.75) is 33.1 Å². The molecule has 3 heterocycles. The molecule has 2 aromatic rings. The maximum absolute atomic E-state index is 13.1. The first-order valence-corrected chi connectivity index (χ1v) is 9.09. The van der Waals surface area contributed by atoms with Crippen LogP contribution in [0.3, 0.4) is 0 Å². The van der Waals surface area contributed by atoms with E-state index in [1.165, 1.54) is 6.42 Å². The minimum absolute atomic E-state index is 0.0179. The van der Waals surface area contributed by atoms with E-state index in [4.69, 9.17) is 11.6 Å². The number of nitrogens with one attached hydrogen (secondary N) is 1. The fraction of sp³-hybridized carbons (Fsp3) is 0.421. The van der Waals surface area contributed by atoms with Crippen LogP contribution >= 0.6 is 11.6 Å². The molecule has 1 aliphatic heterocycles. The molecule has 1 atom stereocenters. The van der Waals surface area contributed by atoms with Gasteiger partial charge in [0.25, 0.3) is 5.91 Å². The van der Waals surface area contributed by atoms with Gasteiger partial charge < -0.3 is 10.2 Å². The standard InChI is InChI=1S/C19H23ClN4O/c1-3-14-5-4-8-24(12-14)19(25)17-9-15(20)10-22-18(17)23-16-7-6-13(2)21-11-16/h6-7,9-11,14H,3-5,8,12H2,1-2H3,(H,22,23). The molecule has 0 spiro atoms. The zero-order chi connectivity index (χ0) is 17.8. The third-order valence-corrected chi connectivity index (χ3v) is 4.85. The van der Waals surface area contributed by atoms with Gasteiger partial charge in [-0.05, 0) is 43.9 Å². The molecule has 0 bridgehead atoms. The Labute approximate surface area is 153 Å². The van der Waals surface area contributed by atoms with Gasteiger partial charge in [-0.3, -0.25) is 9.78 Å². The van der Waals surface area contributed by atoms with Crippen LogP contribution in [0.2, 0.25) is 5.02 Å². The molecule has 0 saturated carbocycles. The highest BCUT2D eigenvalue weighted by Gasteiger charge is 2.26. The van der Waals surface area contributed by atoms with Crippen LogP contribution in [0, 0.1) is 12.8 Å². The van der Waals surface area contributed by atoms with E-state index in [0.717, 1.165) is 37.3 Å². The number of nitrogens with zero attached hydrogens (tertiary/aromatic N) is 3. The number of hydrogen-bond donors (Lipinski definition) is 1. The van der Waals surface area contributed by atoms with E-state index in [1.54, 1.807) is 18.5 Å². The lowest BCUT2D eigenvalue weighted by atomic mass is 9.95. The number of anilines is 2. The zero-order valence-corrected chi connectivity index (χ0v) is 15.4. The van der Waals surface area contributed by atoms with Crippen LogP contribution in [0.4, 0.5) is 11.5 Å². The van der Waals surface area contributed by atoms with Gasteiger partial charge in [0.2, 0.25) is 0 Å². The lowest BCUT2D eigenvalue weighted by molar-refractivity contribution is 0.0672. The molecule has 5 nitrogen and oxygen atoms in total. The first-order chi connectivity index (χ1) is 12.1. The number of amides is 1. The fourth-order valence-corrected chi connectivity index (χ4v) is 3.29. The highest BCUT2D eigenvalue weighted by molar-refractivity contribution is 6.31. The number of likely N-dealkylation sites (tertiary alicyclic amines) is 1. The SMILES string of the molecule is CCC1CCCN(C(=O)c2cc(Cl)cnc2Nc2ccc(C)nc2)C1. The minimum Gasteiger partial charge on any atom is -0.338 e. The van der Waals surface area contributed by atoms with Crippen LogP contribution in [0.15, 0.2) is 30.6 Å². The Bertz CT molecular complexity index is 748. The predicted molar refractivity (Wildman–Crippen MR) is 100 cm³/mol. The number of rotatable bonds is 4. The number of halogens is 1. The summed E-state index contributed by atoms with van der Waals surface area (Å²) < 4.78 is 0. The van der Waals surface area contributed by atoms with Crippen molar-refractivity contribution in [1.82, 2.24) is 14.9 Å². The molecular formula is C19H23ClN4O. The lowest BCUT2D eigenvalue weighted by Crippen LogP contribution is -2.40. The van der Waals surface area contributed by atoms with Gasteiger partial charge in [0, 0.05) is 25.0 Å². The summed E-state index contributed by atoms with van der Waals surface area (Å²) in [6.07, 6.45) is 6.61. The first-order valence-electron chi connectivity index (χ1n) is 8.71. The fourth-order valence-electron chi connectivity index (χ4n) is 3.13. The number of carbonyl (C=O) groups is 1. The van der Waals surface area contributed by atoms with Gasteiger partial charge in [0.15, 0.2) is 0 Å². The molecule has 0 aliphatic carbocycles. The molecule has 1 fully saturated rings. The second-order valence-electron chi connectivity index (χ2n) is 6.53. The second-order valence-corrected chi connectivity index (χ2v) is 6.97. The molecule has 1 unspecified atom stereocenters. The third-order valence-electron chi connectivity index (χ3n) is 4.64. The lowest BCUT2D eigenvalue weighted by Gasteiger charge is -2.32. The summed E-state index contributed by atoms with van der Waals surface area (Å²) in [6, 6.07) is 5.52. The monoisotopic (exact) mass is 358 g/mol. The zero-order valence-electron chi connectivity index (χ0n) is 14.6.